The van der Waals surface area contributed by atoms with Crippen molar-refractivity contribution in [2.75, 3.05) is 0 Å². The molecule has 2 nitrogen and oxygen atoms in total. The molecule has 0 saturated heterocycles. The lowest BCUT2D eigenvalue weighted by molar-refractivity contribution is -0.137. The van der Waals surface area contributed by atoms with Crippen molar-refractivity contribution in [3.63, 3.8) is 0 Å². The van der Waals surface area contributed by atoms with Crippen LogP contribution >= 0.6 is 23.4 Å². The van der Waals surface area contributed by atoms with Crippen LogP contribution in [0.2, 0.25) is 5.02 Å². The van der Waals surface area contributed by atoms with Crippen molar-refractivity contribution in [2.45, 2.75) is 22.7 Å². The molecule has 1 atom stereocenters. The molecule has 2 aromatic carbocycles. The molecular formula is C16H12ClF3O2S. The summed E-state index contributed by atoms with van der Waals surface area (Å²) >= 11 is 6.84. The van der Waals surface area contributed by atoms with Crippen LogP contribution in [0.3, 0.4) is 0 Å². The first-order valence-electron chi connectivity index (χ1n) is 6.57. The Morgan fingerprint density at radius 3 is 2.39 bits per heavy atom. The molecule has 0 bridgehead atoms. The maximum Gasteiger partial charge on any atom is 0.416 e. The SMILES string of the molecule is O=C(O)C(Cc1cccc(C(F)(F)F)c1)Sc1ccc(Cl)cc1. The smallest absolute Gasteiger partial charge is 0.416 e. The maximum atomic E-state index is 12.7. The summed E-state index contributed by atoms with van der Waals surface area (Å²) in [4.78, 5) is 12.1. The third-order valence-electron chi connectivity index (χ3n) is 3.04. The zero-order chi connectivity index (χ0) is 17.0. The number of benzene rings is 2. The van der Waals surface area contributed by atoms with Gasteiger partial charge in [-0.2, -0.15) is 13.2 Å². The van der Waals surface area contributed by atoms with Gasteiger partial charge >= 0.3 is 12.1 Å². The van der Waals surface area contributed by atoms with Gasteiger partial charge in [0, 0.05) is 9.92 Å². The minimum absolute atomic E-state index is 0.00739. The van der Waals surface area contributed by atoms with Gasteiger partial charge in [0.2, 0.25) is 0 Å². The number of carboxylic acids is 1. The van der Waals surface area contributed by atoms with Crippen molar-refractivity contribution in [3.8, 4) is 0 Å². The highest BCUT2D eigenvalue weighted by atomic mass is 35.5. The van der Waals surface area contributed by atoms with Crippen LogP contribution in [0.15, 0.2) is 53.4 Å². The maximum absolute atomic E-state index is 12.7. The second-order valence-electron chi connectivity index (χ2n) is 4.80. The number of alkyl halides is 3. The van der Waals surface area contributed by atoms with Crippen LogP contribution in [0.1, 0.15) is 11.1 Å². The minimum Gasteiger partial charge on any atom is -0.480 e. The number of halogens is 4. The summed E-state index contributed by atoms with van der Waals surface area (Å²) < 4.78 is 38.1. The van der Waals surface area contributed by atoms with Crippen LogP contribution in [0.25, 0.3) is 0 Å². The fourth-order valence-corrected chi connectivity index (χ4v) is 3.07. The lowest BCUT2D eigenvalue weighted by atomic mass is 10.1. The number of hydrogen-bond acceptors (Lipinski definition) is 2. The lowest BCUT2D eigenvalue weighted by Gasteiger charge is -2.14. The molecule has 0 amide bonds. The largest absolute Gasteiger partial charge is 0.480 e. The Morgan fingerprint density at radius 2 is 1.83 bits per heavy atom. The first kappa shape index (κ1) is 17.7. The average Bonchev–Trinajstić information content (AvgIpc) is 2.48. The number of aliphatic carboxylic acids is 1. The Hall–Kier alpha value is -1.66. The van der Waals surface area contributed by atoms with Crippen molar-refractivity contribution < 1.29 is 23.1 Å². The summed E-state index contributed by atoms with van der Waals surface area (Å²) in [5.41, 5.74) is -0.454. The summed E-state index contributed by atoms with van der Waals surface area (Å²) in [5.74, 6) is -1.08. The van der Waals surface area contributed by atoms with E-state index in [4.69, 9.17) is 11.6 Å². The number of carboxylic acid groups (broad SMARTS) is 1. The van der Waals surface area contributed by atoms with Crippen LogP contribution in [-0.2, 0) is 17.4 Å². The molecule has 2 rings (SSSR count). The third-order valence-corrected chi connectivity index (χ3v) is 4.49. The highest BCUT2D eigenvalue weighted by Crippen LogP contribution is 2.31. The highest BCUT2D eigenvalue weighted by molar-refractivity contribution is 8.00. The van der Waals surface area contributed by atoms with Gasteiger partial charge in [0.05, 0.1) is 5.56 Å². The van der Waals surface area contributed by atoms with E-state index < -0.39 is 23.0 Å². The molecular weight excluding hydrogens is 349 g/mol. The zero-order valence-corrected chi connectivity index (χ0v) is 13.3. The van der Waals surface area contributed by atoms with Crippen LogP contribution in [0, 0.1) is 0 Å². The molecule has 122 valence electrons. The quantitative estimate of drug-likeness (QED) is 0.749. The standard InChI is InChI=1S/C16H12ClF3O2S/c17-12-4-6-13(7-5-12)23-14(15(21)22)9-10-2-1-3-11(8-10)16(18,19)20/h1-8,14H,9H2,(H,21,22). The molecule has 0 saturated carbocycles. The molecule has 0 spiro atoms. The van der Waals surface area contributed by atoms with E-state index in [1.54, 1.807) is 24.3 Å². The second kappa shape index (κ2) is 7.27. The molecule has 1 N–H and O–H groups in total. The van der Waals surface area contributed by atoms with Gasteiger partial charge in [-0.15, -0.1) is 11.8 Å². The molecule has 0 heterocycles. The van der Waals surface area contributed by atoms with Gasteiger partial charge in [0.15, 0.2) is 0 Å². The van der Waals surface area contributed by atoms with E-state index in [1.807, 2.05) is 0 Å². The molecule has 23 heavy (non-hydrogen) atoms. The molecule has 0 aliphatic carbocycles. The van der Waals surface area contributed by atoms with Gasteiger partial charge in [-0.3, -0.25) is 4.79 Å². The van der Waals surface area contributed by atoms with E-state index >= 15 is 0 Å². The van der Waals surface area contributed by atoms with Gasteiger partial charge < -0.3 is 5.11 Å². The molecule has 1 unspecified atom stereocenters. The fourth-order valence-electron chi connectivity index (χ4n) is 1.95. The highest BCUT2D eigenvalue weighted by Gasteiger charge is 2.30. The van der Waals surface area contributed by atoms with E-state index in [0.717, 1.165) is 23.9 Å². The topological polar surface area (TPSA) is 37.3 Å². The van der Waals surface area contributed by atoms with Gasteiger partial charge in [-0.1, -0.05) is 29.8 Å². The summed E-state index contributed by atoms with van der Waals surface area (Å²) in [6.07, 6.45) is -4.45. The third kappa shape index (κ3) is 5.18. The Morgan fingerprint density at radius 1 is 1.17 bits per heavy atom. The molecule has 2 aromatic rings. The summed E-state index contributed by atoms with van der Waals surface area (Å²) in [7, 11) is 0. The van der Waals surface area contributed by atoms with Gasteiger partial charge in [0.1, 0.15) is 5.25 Å². The predicted molar refractivity (Wildman–Crippen MR) is 83.9 cm³/mol. The van der Waals surface area contributed by atoms with E-state index in [-0.39, 0.29) is 6.42 Å². The van der Waals surface area contributed by atoms with Gasteiger partial charge in [0.25, 0.3) is 0 Å². The van der Waals surface area contributed by atoms with E-state index in [1.165, 1.54) is 12.1 Å². The number of thioether (sulfide) groups is 1. The molecule has 7 heteroatoms. The van der Waals surface area contributed by atoms with Crippen molar-refractivity contribution >= 4 is 29.3 Å². The zero-order valence-electron chi connectivity index (χ0n) is 11.7. The first-order valence-corrected chi connectivity index (χ1v) is 7.82. The van der Waals surface area contributed by atoms with Crippen LogP contribution < -0.4 is 0 Å². The van der Waals surface area contributed by atoms with Crippen LogP contribution in [-0.4, -0.2) is 16.3 Å². The minimum atomic E-state index is -4.45. The Labute approximate surface area is 140 Å². The van der Waals surface area contributed by atoms with Crippen molar-refractivity contribution in [1.82, 2.24) is 0 Å². The number of carbonyl (C=O) groups is 1. The molecule has 0 aromatic heterocycles. The second-order valence-corrected chi connectivity index (χ2v) is 6.51. The summed E-state index contributed by atoms with van der Waals surface area (Å²) in [6, 6.07) is 11.3. The van der Waals surface area contributed by atoms with Crippen LogP contribution in [0.5, 0.6) is 0 Å². The van der Waals surface area contributed by atoms with Crippen LogP contribution in [0.4, 0.5) is 13.2 Å². The Balaban J connectivity index is 2.16. The van der Waals surface area contributed by atoms with E-state index in [0.29, 0.717) is 15.5 Å². The van der Waals surface area contributed by atoms with Crippen molar-refractivity contribution in [1.29, 1.82) is 0 Å². The van der Waals surface area contributed by atoms with E-state index in [9.17, 15) is 23.1 Å². The summed E-state index contributed by atoms with van der Waals surface area (Å²) in [5, 5.41) is 8.95. The Bertz CT molecular complexity index is 686. The van der Waals surface area contributed by atoms with Crippen molar-refractivity contribution in [2.24, 2.45) is 0 Å². The first-order chi connectivity index (χ1) is 10.8. The monoisotopic (exact) mass is 360 g/mol. The molecule has 0 radical (unpaired) electrons. The normalized spacial score (nSPS) is 12.9. The number of hydrogen-bond donors (Lipinski definition) is 1. The van der Waals surface area contributed by atoms with Crippen molar-refractivity contribution in [3.05, 3.63) is 64.7 Å². The molecule has 0 aliphatic heterocycles. The summed E-state index contributed by atoms with van der Waals surface area (Å²) in [6.45, 7) is 0. The Kier molecular flexibility index (Phi) is 5.59. The van der Waals surface area contributed by atoms with E-state index in [2.05, 4.69) is 0 Å². The average molecular weight is 361 g/mol. The molecule has 0 aliphatic rings. The number of rotatable bonds is 5. The lowest BCUT2D eigenvalue weighted by Crippen LogP contribution is -2.19. The van der Waals surface area contributed by atoms with Gasteiger partial charge in [-0.05, 0) is 42.3 Å². The fraction of sp³-hybridized carbons (Fsp3) is 0.188. The predicted octanol–water partition coefficient (Wildman–Crippen LogP) is 5.15. The van der Waals surface area contributed by atoms with Gasteiger partial charge in [-0.25, -0.2) is 0 Å². The molecule has 0 fully saturated rings.